The highest BCUT2D eigenvalue weighted by atomic mass is 32.2. The normalized spacial score (nSPS) is 10.8. The number of aromatic nitrogens is 2. The Labute approximate surface area is 161 Å². The average Bonchev–Trinajstić information content (AvgIpc) is 3.06. The Hall–Kier alpha value is -1.93. The number of ether oxygens (including phenoxy) is 1. The number of hydrogen-bond acceptors (Lipinski definition) is 7. The van der Waals surface area contributed by atoms with E-state index in [2.05, 4.69) is 53.6 Å². The Kier molecular flexibility index (Phi) is 8.06. The fraction of sp³-hybridized carbons (Fsp3) is 0.444. The number of nitrogens with zero attached hydrogens (tertiary/aromatic N) is 2. The molecule has 0 bridgehead atoms. The molecule has 2 aromatic rings. The molecule has 0 aliphatic carbocycles. The lowest BCUT2D eigenvalue weighted by Gasteiger charge is -2.06. The molecule has 8 heteroatoms. The first-order valence-corrected chi connectivity index (χ1v) is 10.3. The van der Waals surface area contributed by atoms with Crippen LogP contribution >= 0.6 is 23.1 Å². The summed E-state index contributed by atoms with van der Waals surface area (Å²) in [7, 11) is 0. The third-order valence-electron chi connectivity index (χ3n) is 3.52. The predicted octanol–water partition coefficient (Wildman–Crippen LogP) is 4.24. The van der Waals surface area contributed by atoms with E-state index in [1.54, 1.807) is 18.7 Å². The number of hydrogen-bond donors (Lipinski definition) is 1. The predicted molar refractivity (Wildman–Crippen MR) is 104 cm³/mol. The van der Waals surface area contributed by atoms with Crippen LogP contribution in [0.25, 0.3) is 0 Å². The standard InChI is InChI=1S/C18H23N3O3S2/c1-4-24-16(23)10-9-15(22)19-17-20-21-18(26-17)25-11-13-5-7-14(8-6-13)12(2)3/h5-8,12H,4,9-11H2,1-3H3,(H,19,20,22). The highest BCUT2D eigenvalue weighted by molar-refractivity contribution is 8.00. The summed E-state index contributed by atoms with van der Waals surface area (Å²) < 4.78 is 5.58. The van der Waals surface area contributed by atoms with Gasteiger partial charge in [-0.3, -0.25) is 9.59 Å². The number of thioether (sulfide) groups is 1. The van der Waals surface area contributed by atoms with Crippen LogP contribution < -0.4 is 5.32 Å². The van der Waals surface area contributed by atoms with Crippen LogP contribution in [0.3, 0.4) is 0 Å². The molecule has 2 rings (SSSR count). The first kappa shape index (κ1) is 20.4. The van der Waals surface area contributed by atoms with Crippen molar-refractivity contribution in [2.24, 2.45) is 0 Å². The van der Waals surface area contributed by atoms with Crippen molar-refractivity contribution in [2.45, 2.75) is 49.6 Å². The van der Waals surface area contributed by atoms with E-state index in [-0.39, 0.29) is 24.7 Å². The monoisotopic (exact) mass is 393 g/mol. The minimum Gasteiger partial charge on any atom is -0.466 e. The second kappa shape index (κ2) is 10.3. The molecule has 0 saturated carbocycles. The number of nitrogens with one attached hydrogen (secondary N) is 1. The van der Waals surface area contributed by atoms with Crippen molar-refractivity contribution in [1.82, 2.24) is 10.2 Å². The number of esters is 1. The van der Waals surface area contributed by atoms with Crippen LogP contribution in [0, 0.1) is 0 Å². The SMILES string of the molecule is CCOC(=O)CCC(=O)Nc1nnc(SCc2ccc(C(C)C)cc2)s1. The zero-order valence-electron chi connectivity index (χ0n) is 15.2. The van der Waals surface area contributed by atoms with Crippen LogP contribution in [0.2, 0.25) is 0 Å². The summed E-state index contributed by atoms with van der Waals surface area (Å²) in [6, 6.07) is 8.55. The molecule has 1 heterocycles. The molecule has 1 N–H and O–H groups in total. The Morgan fingerprint density at radius 2 is 1.92 bits per heavy atom. The molecule has 0 unspecified atom stereocenters. The highest BCUT2D eigenvalue weighted by Crippen LogP contribution is 2.28. The second-order valence-corrected chi connectivity index (χ2v) is 8.11. The number of carbonyl (C=O) groups excluding carboxylic acids is 2. The van der Waals surface area contributed by atoms with E-state index in [0.29, 0.717) is 17.7 Å². The van der Waals surface area contributed by atoms with Crippen LogP contribution in [-0.4, -0.2) is 28.7 Å². The quantitative estimate of drug-likeness (QED) is 0.390. The molecule has 0 aliphatic rings. The zero-order valence-corrected chi connectivity index (χ0v) is 16.8. The lowest BCUT2D eigenvalue weighted by atomic mass is 10.0. The largest absolute Gasteiger partial charge is 0.466 e. The number of amides is 1. The third-order valence-corrected chi connectivity index (χ3v) is 5.57. The molecule has 0 radical (unpaired) electrons. The Balaban J connectivity index is 1.78. The lowest BCUT2D eigenvalue weighted by Crippen LogP contribution is -2.14. The van der Waals surface area contributed by atoms with Crippen LogP contribution in [-0.2, 0) is 20.1 Å². The van der Waals surface area contributed by atoms with E-state index in [0.717, 1.165) is 10.1 Å². The van der Waals surface area contributed by atoms with Gasteiger partial charge in [0.25, 0.3) is 0 Å². The van der Waals surface area contributed by atoms with E-state index < -0.39 is 0 Å². The summed E-state index contributed by atoms with van der Waals surface area (Å²) in [4.78, 5) is 23.1. The minimum atomic E-state index is -0.375. The summed E-state index contributed by atoms with van der Waals surface area (Å²) >= 11 is 2.91. The zero-order chi connectivity index (χ0) is 18.9. The first-order chi connectivity index (χ1) is 12.5. The van der Waals surface area contributed by atoms with E-state index in [1.807, 2.05) is 0 Å². The van der Waals surface area contributed by atoms with Crippen molar-refractivity contribution < 1.29 is 14.3 Å². The van der Waals surface area contributed by atoms with Crippen molar-refractivity contribution in [2.75, 3.05) is 11.9 Å². The van der Waals surface area contributed by atoms with E-state index in [4.69, 9.17) is 4.74 Å². The first-order valence-electron chi connectivity index (χ1n) is 8.48. The Bertz CT molecular complexity index is 730. The Morgan fingerprint density at radius 1 is 1.19 bits per heavy atom. The second-order valence-electron chi connectivity index (χ2n) is 5.91. The van der Waals surface area contributed by atoms with Gasteiger partial charge < -0.3 is 10.1 Å². The van der Waals surface area contributed by atoms with Crippen molar-refractivity contribution >= 4 is 40.1 Å². The average molecular weight is 394 g/mol. The van der Waals surface area contributed by atoms with Gasteiger partial charge in [0.2, 0.25) is 11.0 Å². The van der Waals surface area contributed by atoms with Crippen LogP contribution in [0.15, 0.2) is 28.6 Å². The van der Waals surface area contributed by atoms with Gasteiger partial charge in [-0.25, -0.2) is 0 Å². The van der Waals surface area contributed by atoms with Gasteiger partial charge in [-0.15, -0.1) is 10.2 Å². The van der Waals surface area contributed by atoms with Gasteiger partial charge in [0.05, 0.1) is 13.0 Å². The molecule has 0 saturated heterocycles. The number of rotatable bonds is 9. The van der Waals surface area contributed by atoms with Crippen LogP contribution in [0.1, 0.15) is 50.7 Å². The van der Waals surface area contributed by atoms with Crippen molar-refractivity contribution in [3.8, 4) is 0 Å². The summed E-state index contributed by atoms with van der Waals surface area (Å²) in [5.74, 6) is 0.675. The van der Waals surface area contributed by atoms with E-state index in [9.17, 15) is 9.59 Å². The number of benzene rings is 1. The molecule has 1 aromatic heterocycles. The van der Waals surface area contributed by atoms with Gasteiger partial charge >= 0.3 is 5.97 Å². The molecule has 0 fully saturated rings. The van der Waals surface area contributed by atoms with Gasteiger partial charge in [0.15, 0.2) is 4.34 Å². The van der Waals surface area contributed by atoms with E-state index >= 15 is 0 Å². The minimum absolute atomic E-state index is 0.0620. The maximum absolute atomic E-state index is 11.8. The van der Waals surface area contributed by atoms with Crippen molar-refractivity contribution in [3.05, 3.63) is 35.4 Å². The third kappa shape index (κ3) is 6.76. The molecule has 0 aliphatic heterocycles. The van der Waals surface area contributed by atoms with Crippen LogP contribution in [0.5, 0.6) is 0 Å². The maximum Gasteiger partial charge on any atom is 0.306 e. The molecular formula is C18H23N3O3S2. The molecular weight excluding hydrogens is 370 g/mol. The summed E-state index contributed by atoms with van der Waals surface area (Å²) in [6.45, 7) is 6.40. The maximum atomic E-state index is 11.8. The fourth-order valence-electron chi connectivity index (χ4n) is 2.09. The molecule has 1 amide bonds. The van der Waals surface area contributed by atoms with Gasteiger partial charge in [-0.2, -0.15) is 0 Å². The fourth-order valence-corrected chi connectivity index (χ4v) is 3.82. The number of carbonyl (C=O) groups is 2. The molecule has 0 atom stereocenters. The summed E-state index contributed by atoms with van der Waals surface area (Å²) in [6.07, 6.45) is 0.134. The molecule has 26 heavy (non-hydrogen) atoms. The van der Waals surface area contributed by atoms with Crippen molar-refractivity contribution in [3.63, 3.8) is 0 Å². The highest BCUT2D eigenvalue weighted by Gasteiger charge is 2.11. The van der Waals surface area contributed by atoms with E-state index in [1.165, 1.54) is 22.5 Å². The van der Waals surface area contributed by atoms with Crippen LogP contribution in [0.4, 0.5) is 5.13 Å². The molecule has 140 valence electrons. The van der Waals surface area contributed by atoms with Gasteiger partial charge in [-0.05, 0) is 24.0 Å². The summed E-state index contributed by atoms with van der Waals surface area (Å²) in [5, 5.41) is 11.2. The molecule has 1 aromatic carbocycles. The van der Waals surface area contributed by atoms with Crippen molar-refractivity contribution in [1.29, 1.82) is 0 Å². The van der Waals surface area contributed by atoms with Gasteiger partial charge in [-0.1, -0.05) is 61.2 Å². The smallest absolute Gasteiger partial charge is 0.306 e. The topological polar surface area (TPSA) is 81.2 Å². The molecule has 0 spiro atoms. The molecule has 6 nitrogen and oxygen atoms in total. The Morgan fingerprint density at radius 3 is 2.58 bits per heavy atom. The lowest BCUT2D eigenvalue weighted by molar-refractivity contribution is -0.144. The summed E-state index contributed by atoms with van der Waals surface area (Å²) in [5.41, 5.74) is 2.54. The van der Waals surface area contributed by atoms with Gasteiger partial charge in [0, 0.05) is 12.2 Å². The number of anilines is 1. The van der Waals surface area contributed by atoms with Gasteiger partial charge in [0.1, 0.15) is 0 Å².